The largest absolute Gasteiger partial charge is 0.339 e. The zero-order valence-corrected chi connectivity index (χ0v) is 11.7. The summed E-state index contributed by atoms with van der Waals surface area (Å²) in [7, 11) is 1.87. The highest BCUT2D eigenvalue weighted by Crippen LogP contribution is 2.34. The Morgan fingerprint density at radius 3 is 2.80 bits per heavy atom. The molecule has 0 atom stereocenters. The third kappa shape index (κ3) is 2.41. The minimum absolute atomic E-state index is 0.144. The van der Waals surface area contributed by atoms with Crippen LogP contribution in [0, 0.1) is 5.82 Å². The van der Waals surface area contributed by atoms with Crippen LogP contribution in [-0.4, -0.2) is 13.6 Å². The second kappa shape index (κ2) is 5.63. The van der Waals surface area contributed by atoms with E-state index >= 15 is 0 Å². The van der Waals surface area contributed by atoms with Gasteiger partial charge in [0.2, 0.25) is 0 Å². The minimum Gasteiger partial charge on any atom is -0.339 e. The van der Waals surface area contributed by atoms with Crippen LogP contribution in [0.2, 0.25) is 0 Å². The van der Waals surface area contributed by atoms with E-state index in [0.29, 0.717) is 12.2 Å². The van der Waals surface area contributed by atoms with E-state index in [4.69, 9.17) is 0 Å². The normalized spacial score (nSPS) is 14.2. The van der Waals surface area contributed by atoms with Crippen LogP contribution in [0.3, 0.4) is 0 Å². The molecule has 0 fully saturated rings. The number of para-hydroxylation sites is 1. The molecule has 1 N–H and O–H groups in total. The molecule has 1 aliphatic heterocycles. The summed E-state index contributed by atoms with van der Waals surface area (Å²) in [5.41, 5.74) is 4.09. The van der Waals surface area contributed by atoms with Crippen molar-refractivity contribution in [1.82, 2.24) is 5.32 Å². The molecule has 1 heterocycles. The maximum atomic E-state index is 14.4. The molecule has 0 aromatic heterocycles. The number of hydrogen-bond acceptors (Lipinski definition) is 2. The van der Waals surface area contributed by atoms with E-state index in [9.17, 15) is 4.39 Å². The Morgan fingerprint density at radius 2 is 2.00 bits per heavy atom. The zero-order valence-electron chi connectivity index (χ0n) is 11.7. The predicted octanol–water partition coefficient (Wildman–Crippen LogP) is 3.63. The second-order valence-corrected chi connectivity index (χ2v) is 5.20. The molecular formula is C17H19FN2. The number of aryl methyl sites for hydroxylation is 1. The fourth-order valence-electron chi connectivity index (χ4n) is 2.87. The molecule has 2 aromatic rings. The van der Waals surface area contributed by atoms with Gasteiger partial charge in [-0.3, -0.25) is 0 Å². The average Bonchev–Trinajstić information content (AvgIpc) is 2.47. The lowest BCUT2D eigenvalue weighted by atomic mass is 10.0. The van der Waals surface area contributed by atoms with E-state index in [2.05, 4.69) is 28.4 Å². The van der Waals surface area contributed by atoms with Gasteiger partial charge < -0.3 is 10.2 Å². The van der Waals surface area contributed by atoms with Crippen LogP contribution in [0.15, 0.2) is 42.5 Å². The van der Waals surface area contributed by atoms with Gasteiger partial charge in [0.25, 0.3) is 0 Å². The molecule has 0 radical (unpaired) electrons. The fraction of sp³-hybridized carbons (Fsp3) is 0.294. The van der Waals surface area contributed by atoms with Gasteiger partial charge in [-0.25, -0.2) is 4.39 Å². The van der Waals surface area contributed by atoms with E-state index in [0.717, 1.165) is 30.6 Å². The van der Waals surface area contributed by atoms with Crippen molar-refractivity contribution in [3.05, 3.63) is 59.4 Å². The van der Waals surface area contributed by atoms with Crippen LogP contribution in [0.4, 0.5) is 15.8 Å². The van der Waals surface area contributed by atoms with Gasteiger partial charge in [-0.2, -0.15) is 0 Å². The van der Waals surface area contributed by atoms with E-state index in [1.165, 1.54) is 5.56 Å². The molecule has 1 aliphatic rings. The number of fused-ring (bicyclic) bond motifs is 1. The Bertz CT molecular complexity index is 610. The van der Waals surface area contributed by atoms with Crippen LogP contribution < -0.4 is 10.2 Å². The Morgan fingerprint density at radius 1 is 1.15 bits per heavy atom. The summed E-state index contributed by atoms with van der Waals surface area (Å²) in [5, 5.41) is 3.05. The minimum atomic E-state index is -0.144. The summed E-state index contributed by atoms with van der Waals surface area (Å²) >= 11 is 0. The number of nitrogens with zero attached hydrogens (tertiary/aromatic N) is 1. The van der Waals surface area contributed by atoms with Gasteiger partial charge in [0, 0.05) is 18.8 Å². The molecule has 3 rings (SSSR count). The molecule has 0 aliphatic carbocycles. The van der Waals surface area contributed by atoms with Gasteiger partial charge in [0.1, 0.15) is 5.82 Å². The summed E-state index contributed by atoms with van der Waals surface area (Å²) in [5.74, 6) is -0.144. The van der Waals surface area contributed by atoms with Crippen LogP contribution in [0.5, 0.6) is 0 Å². The van der Waals surface area contributed by atoms with E-state index in [1.807, 2.05) is 25.2 Å². The SMILES string of the molecule is CNCc1ccc(N2CCCc3ccccc32)c(F)c1. The maximum absolute atomic E-state index is 14.4. The van der Waals surface area contributed by atoms with E-state index < -0.39 is 0 Å². The molecule has 0 spiro atoms. The number of benzene rings is 2. The molecule has 0 bridgehead atoms. The van der Waals surface area contributed by atoms with Gasteiger partial charge in [0.15, 0.2) is 0 Å². The van der Waals surface area contributed by atoms with Crippen molar-refractivity contribution in [3.8, 4) is 0 Å². The standard InChI is InChI=1S/C17H19FN2/c1-19-12-13-8-9-17(15(18)11-13)20-10-4-6-14-5-2-3-7-16(14)20/h2-3,5,7-9,11,19H,4,6,10,12H2,1H3. The van der Waals surface area contributed by atoms with Gasteiger partial charge in [0.05, 0.1) is 5.69 Å². The number of halogens is 1. The van der Waals surface area contributed by atoms with Crippen molar-refractivity contribution in [3.63, 3.8) is 0 Å². The predicted molar refractivity (Wildman–Crippen MR) is 80.9 cm³/mol. The molecule has 0 saturated carbocycles. The van der Waals surface area contributed by atoms with Gasteiger partial charge >= 0.3 is 0 Å². The van der Waals surface area contributed by atoms with Crippen molar-refractivity contribution in [1.29, 1.82) is 0 Å². The van der Waals surface area contributed by atoms with E-state index in [-0.39, 0.29) is 5.82 Å². The van der Waals surface area contributed by atoms with E-state index in [1.54, 1.807) is 6.07 Å². The number of anilines is 2. The molecule has 0 unspecified atom stereocenters. The highest BCUT2D eigenvalue weighted by atomic mass is 19.1. The van der Waals surface area contributed by atoms with Crippen LogP contribution in [0.25, 0.3) is 0 Å². The first-order chi connectivity index (χ1) is 9.79. The summed E-state index contributed by atoms with van der Waals surface area (Å²) in [6.45, 7) is 1.56. The van der Waals surface area contributed by atoms with Gasteiger partial charge in [-0.05, 0) is 49.2 Å². The molecule has 3 heteroatoms. The van der Waals surface area contributed by atoms with Crippen LogP contribution >= 0.6 is 0 Å². The number of nitrogens with one attached hydrogen (secondary N) is 1. The number of rotatable bonds is 3. The lowest BCUT2D eigenvalue weighted by molar-refractivity contribution is 0.617. The Labute approximate surface area is 119 Å². The lowest BCUT2D eigenvalue weighted by Crippen LogP contribution is -2.25. The van der Waals surface area contributed by atoms with Gasteiger partial charge in [-0.1, -0.05) is 24.3 Å². The molecular weight excluding hydrogens is 251 g/mol. The van der Waals surface area contributed by atoms with Gasteiger partial charge in [-0.15, -0.1) is 0 Å². The smallest absolute Gasteiger partial charge is 0.147 e. The quantitative estimate of drug-likeness (QED) is 0.916. The van der Waals surface area contributed by atoms with Crippen molar-refractivity contribution in [2.75, 3.05) is 18.5 Å². The van der Waals surface area contributed by atoms with Crippen molar-refractivity contribution >= 4 is 11.4 Å². The van der Waals surface area contributed by atoms with Crippen LogP contribution in [-0.2, 0) is 13.0 Å². The molecule has 0 amide bonds. The summed E-state index contributed by atoms with van der Waals surface area (Å²) in [6.07, 6.45) is 2.14. The fourth-order valence-corrected chi connectivity index (χ4v) is 2.87. The first kappa shape index (κ1) is 13.1. The molecule has 2 nitrogen and oxygen atoms in total. The average molecular weight is 270 g/mol. The van der Waals surface area contributed by atoms with Crippen LogP contribution in [0.1, 0.15) is 17.5 Å². The third-order valence-electron chi connectivity index (χ3n) is 3.79. The Hall–Kier alpha value is -1.87. The zero-order chi connectivity index (χ0) is 13.9. The molecule has 104 valence electrons. The second-order valence-electron chi connectivity index (χ2n) is 5.20. The molecule has 2 aromatic carbocycles. The van der Waals surface area contributed by atoms with Crippen molar-refractivity contribution < 1.29 is 4.39 Å². The first-order valence-electron chi connectivity index (χ1n) is 7.08. The highest BCUT2D eigenvalue weighted by Gasteiger charge is 2.20. The summed E-state index contributed by atoms with van der Waals surface area (Å²) < 4.78 is 14.4. The topological polar surface area (TPSA) is 15.3 Å². The Balaban J connectivity index is 1.98. The van der Waals surface area contributed by atoms with Crippen molar-refractivity contribution in [2.45, 2.75) is 19.4 Å². The lowest BCUT2D eigenvalue weighted by Gasteiger charge is -2.31. The van der Waals surface area contributed by atoms with Crippen molar-refractivity contribution in [2.24, 2.45) is 0 Å². The Kier molecular flexibility index (Phi) is 3.70. The summed E-state index contributed by atoms with van der Waals surface area (Å²) in [4.78, 5) is 2.09. The summed E-state index contributed by atoms with van der Waals surface area (Å²) in [6, 6.07) is 13.8. The molecule has 20 heavy (non-hydrogen) atoms. The maximum Gasteiger partial charge on any atom is 0.147 e. The third-order valence-corrected chi connectivity index (χ3v) is 3.79. The molecule has 0 saturated heterocycles. The first-order valence-corrected chi connectivity index (χ1v) is 7.08. The number of hydrogen-bond donors (Lipinski definition) is 1. The monoisotopic (exact) mass is 270 g/mol. The highest BCUT2D eigenvalue weighted by molar-refractivity contribution is 5.68.